The number of hydrogen-bond acceptors (Lipinski definition) is 4. The van der Waals surface area contributed by atoms with Gasteiger partial charge in [-0.3, -0.25) is 0 Å². The molecule has 1 fully saturated rings. The van der Waals surface area contributed by atoms with E-state index in [1.54, 1.807) is 0 Å². The molecule has 0 bridgehead atoms. The second-order valence-electron chi connectivity index (χ2n) is 8.63. The minimum absolute atomic E-state index is 0.0788. The van der Waals surface area contributed by atoms with Gasteiger partial charge in [0.15, 0.2) is 0 Å². The molecule has 154 valence electrons. The van der Waals surface area contributed by atoms with E-state index in [1.165, 1.54) is 19.3 Å². The molecule has 0 radical (unpaired) electrons. The predicted octanol–water partition coefficient (Wildman–Crippen LogP) is 4.27. The van der Waals surface area contributed by atoms with Gasteiger partial charge in [-0.15, -0.1) is 0 Å². The molecule has 0 unspecified atom stereocenters. The minimum Gasteiger partial charge on any atom is -0.490 e. The highest BCUT2D eigenvalue weighted by Crippen LogP contribution is 2.24. The molecule has 1 aromatic carbocycles. The van der Waals surface area contributed by atoms with Crippen molar-refractivity contribution in [1.29, 1.82) is 0 Å². The van der Waals surface area contributed by atoms with Crippen LogP contribution in [-0.4, -0.2) is 33.5 Å². The highest BCUT2D eigenvalue weighted by Gasteiger charge is 2.15. The molecule has 1 aliphatic carbocycles. The third-order valence-corrected chi connectivity index (χ3v) is 5.90. The molecule has 0 aromatic heterocycles. The molecule has 5 nitrogen and oxygen atoms in total. The molecule has 0 atom stereocenters. The lowest BCUT2D eigenvalue weighted by molar-refractivity contribution is 0.0720. The normalized spacial score (nSPS) is 16.4. The van der Waals surface area contributed by atoms with Crippen molar-refractivity contribution in [3.8, 4) is 5.75 Å². The van der Waals surface area contributed by atoms with E-state index in [9.17, 15) is 8.42 Å². The third kappa shape index (κ3) is 9.58. The summed E-state index contributed by atoms with van der Waals surface area (Å²) in [5.74, 6) is 0.907. The van der Waals surface area contributed by atoms with Gasteiger partial charge in [0.05, 0.1) is 18.5 Å². The Bertz CT molecular complexity index is 661. The predicted molar refractivity (Wildman–Crippen MR) is 109 cm³/mol. The van der Waals surface area contributed by atoms with Crippen molar-refractivity contribution >= 4 is 10.0 Å². The number of hydrogen-bond donors (Lipinski definition) is 1. The third-order valence-electron chi connectivity index (χ3n) is 4.49. The molecule has 2 rings (SSSR count). The molecule has 1 N–H and O–H groups in total. The van der Waals surface area contributed by atoms with Crippen LogP contribution in [-0.2, 0) is 21.3 Å². The van der Waals surface area contributed by atoms with E-state index in [0.29, 0.717) is 25.7 Å². The van der Waals surface area contributed by atoms with E-state index >= 15 is 0 Å². The summed E-state index contributed by atoms with van der Waals surface area (Å²) in [6.07, 6.45) is 6.74. The van der Waals surface area contributed by atoms with E-state index in [1.807, 2.05) is 24.3 Å². The number of benzene rings is 1. The SMILES string of the molecule is CC(C)(C)COCCCS(=O)(=O)NCc1cccc(OC2CCCCC2)c1. The molecule has 0 spiro atoms. The van der Waals surface area contributed by atoms with Crippen LogP contribution in [0, 0.1) is 5.41 Å². The van der Waals surface area contributed by atoms with Crippen molar-refractivity contribution in [1.82, 2.24) is 4.72 Å². The molecule has 1 aromatic rings. The van der Waals surface area contributed by atoms with E-state index in [0.717, 1.165) is 24.2 Å². The molecule has 0 saturated heterocycles. The Labute approximate surface area is 164 Å². The van der Waals surface area contributed by atoms with E-state index in [-0.39, 0.29) is 17.7 Å². The molecule has 0 amide bonds. The molecular weight excluding hydrogens is 362 g/mol. The summed E-state index contributed by atoms with van der Waals surface area (Å²) in [4.78, 5) is 0. The Balaban J connectivity index is 1.73. The summed E-state index contributed by atoms with van der Waals surface area (Å²) in [5, 5.41) is 0. The maximum Gasteiger partial charge on any atom is 0.211 e. The van der Waals surface area contributed by atoms with Crippen LogP contribution in [0.3, 0.4) is 0 Å². The van der Waals surface area contributed by atoms with Gasteiger partial charge in [0.2, 0.25) is 10.0 Å². The Morgan fingerprint density at radius 1 is 1.15 bits per heavy atom. The van der Waals surface area contributed by atoms with E-state index in [4.69, 9.17) is 9.47 Å². The standard InChI is InChI=1S/C21H35NO4S/c1-21(2,3)17-25-13-8-14-27(23,24)22-16-18-9-7-12-20(15-18)26-19-10-5-4-6-11-19/h7,9,12,15,19,22H,4-6,8,10-11,13-14,16-17H2,1-3H3. The van der Waals surface area contributed by atoms with Gasteiger partial charge in [0.1, 0.15) is 5.75 Å². The largest absolute Gasteiger partial charge is 0.490 e. The second-order valence-corrected chi connectivity index (χ2v) is 10.6. The van der Waals surface area contributed by atoms with Crippen LogP contribution in [0.25, 0.3) is 0 Å². The van der Waals surface area contributed by atoms with Crippen LogP contribution < -0.4 is 9.46 Å². The van der Waals surface area contributed by atoms with Gasteiger partial charge in [-0.05, 0) is 55.2 Å². The average Bonchev–Trinajstić information content (AvgIpc) is 2.60. The first kappa shape index (κ1) is 22.2. The lowest BCUT2D eigenvalue weighted by Crippen LogP contribution is -2.27. The fourth-order valence-electron chi connectivity index (χ4n) is 3.10. The van der Waals surface area contributed by atoms with Crippen molar-refractivity contribution in [2.45, 2.75) is 71.9 Å². The Morgan fingerprint density at radius 3 is 2.59 bits per heavy atom. The van der Waals surface area contributed by atoms with Crippen LogP contribution in [0.4, 0.5) is 0 Å². The fraction of sp³-hybridized carbons (Fsp3) is 0.714. The van der Waals surface area contributed by atoms with Gasteiger partial charge in [0, 0.05) is 13.2 Å². The zero-order valence-corrected chi connectivity index (χ0v) is 17.8. The lowest BCUT2D eigenvalue weighted by atomic mass is 9.98. The summed E-state index contributed by atoms with van der Waals surface area (Å²) in [6, 6.07) is 7.72. The molecular formula is C21H35NO4S. The molecule has 6 heteroatoms. The molecule has 0 heterocycles. The van der Waals surface area contributed by atoms with Gasteiger partial charge in [0.25, 0.3) is 0 Å². The lowest BCUT2D eigenvalue weighted by Gasteiger charge is -2.23. The van der Waals surface area contributed by atoms with Gasteiger partial charge >= 0.3 is 0 Å². The quantitative estimate of drug-likeness (QED) is 0.599. The number of ether oxygens (including phenoxy) is 2. The van der Waals surface area contributed by atoms with Crippen molar-refractivity contribution in [2.24, 2.45) is 5.41 Å². The first-order chi connectivity index (χ1) is 12.7. The number of rotatable bonds is 10. The molecule has 1 aliphatic rings. The average molecular weight is 398 g/mol. The second kappa shape index (κ2) is 10.4. The van der Waals surface area contributed by atoms with Crippen LogP contribution in [0.5, 0.6) is 5.75 Å². The zero-order chi connectivity index (χ0) is 19.8. The Morgan fingerprint density at radius 2 is 1.89 bits per heavy atom. The summed E-state index contributed by atoms with van der Waals surface area (Å²) >= 11 is 0. The highest BCUT2D eigenvalue weighted by atomic mass is 32.2. The molecule has 0 aliphatic heterocycles. The minimum atomic E-state index is -3.31. The first-order valence-electron chi connectivity index (χ1n) is 10.0. The monoisotopic (exact) mass is 397 g/mol. The summed E-state index contributed by atoms with van der Waals surface area (Å²) < 4.78 is 38.6. The van der Waals surface area contributed by atoms with Crippen molar-refractivity contribution in [3.05, 3.63) is 29.8 Å². The van der Waals surface area contributed by atoms with Crippen molar-refractivity contribution in [3.63, 3.8) is 0 Å². The maximum absolute atomic E-state index is 12.2. The maximum atomic E-state index is 12.2. The molecule has 1 saturated carbocycles. The van der Waals surface area contributed by atoms with Crippen molar-refractivity contribution < 1.29 is 17.9 Å². The van der Waals surface area contributed by atoms with E-state index in [2.05, 4.69) is 25.5 Å². The number of sulfonamides is 1. The Hall–Kier alpha value is -1.11. The van der Waals surface area contributed by atoms with Crippen LogP contribution >= 0.6 is 0 Å². The van der Waals surface area contributed by atoms with E-state index < -0.39 is 10.0 Å². The number of nitrogens with one attached hydrogen (secondary N) is 1. The molecule has 27 heavy (non-hydrogen) atoms. The highest BCUT2D eigenvalue weighted by molar-refractivity contribution is 7.89. The van der Waals surface area contributed by atoms with Crippen molar-refractivity contribution in [2.75, 3.05) is 19.0 Å². The Kier molecular flexibility index (Phi) is 8.58. The smallest absolute Gasteiger partial charge is 0.211 e. The van der Waals surface area contributed by atoms with Crippen LogP contribution in [0.2, 0.25) is 0 Å². The first-order valence-corrected chi connectivity index (χ1v) is 11.7. The van der Waals surface area contributed by atoms with Gasteiger partial charge < -0.3 is 9.47 Å². The summed E-state index contributed by atoms with van der Waals surface area (Å²) in [5.41, 5.74) is 1.01. The summed E-state index contributed by atoms with van der Waals surface area (Å²) in [6.45, 7) is 7.66. The van der Waals surface area contributed by atoms with Gasteiger partial charge in [-0.2, -0.15) is 0 Å². The fourth-order valence-corrected chi connectivity index (χ4v) is 4.13. The van der Waals surface area contributed by atoms with Crippen LogP contribution in [0.15, 0.2) is 24.3 Å². The summed E-state index contributed by atoms with van der Waals surface area (Å²) in [7, 11) is -3.31. The van der Waals surface area contributed by atoms with Gasteiger partial charge in [-0.1, -0.05) is 39.3 Å². The van der Waals surface area contributed by atoms with Gasteiger partial charge in [-0.25, -0.2) is 13.1 Å². The topological polar surface area (TPSA) is 64.6 Å². The zero-order valence-electron chi connectivity index (χ0n) is 17.0. The van der Waals surface area contributed by atoms with Crippen LogP contribution in [0.1, 0.15) is 64.9 Å².